The van der Waals surface area contributed by atoms with Crippen molar-refractivity contribution in [1.82, 2.24) is 15.6 Å². The molecule has 0 aliphatic rings. The zero-order valence-electron chi connectivity index (χ0n) is 15.9. The number of nitrogens with zero attached hydrogens (tertiary/aromatic N) is 2. The number of rotatable bonds is 7. The summed E-state index contributed by atoms with van der Waals surface area (Å²) in [5, 5.41) is 18.0. The summed E-state index contributed by atoms with van der Waals surface area (Å²) in [6, 6.07) is 14.0. The van der Waals surface area contributed by atoms with E-state index in [4.69, 9.17) is 4.74 Å². The number of nitrogens with one attached hydrogen (secondary N) is 2. The largest absolute Gasteiger partial charge is 0.478 e. The van der Waals surface area contributed by atoms with Crippen molar-refractivity contribution in [3.8, 4) is 5.88 Å². The molecule has 0 aliphatic heterocycles. The van der Waals surface area contributed by atoms with Crippen LogP contribution in [0.3, 0.4) is 0 Å². The Morgan fingerprint density at radius 1 is 1.25 bits per heavy atom. The first-order valence-corrected chi connectivity index (χ1v) is 9.70. The number of guanidine groups is 1. The molecule has 2 aromatic heterocycles. The molecular formula is C20H25IN4O2S. The highest BCUT2D eigenvalue weighted by atomic mass is 127. The van der Waals surface area contributed by atoms with Crippen LogP contribution < -0.4 is 15.4 Å². The van der Waals surface area contributed by atoms with Crippen molar-refractivity contribution in [2.24, 2.45) is 4.99 Å². The second-order valence-corrected chi connectivity index (χ2v) is 7.06. The summed E-state index contributed by atoms with van der Waals surface area (Å²) >= 11 is 1.61. The molecule has 0 saturated carbocycles. The van der Waals surface area contributed by atoms with Gasteiger partial charge >= 0.3 is 0 Å². The lowest BCUT2D eigenvalue weighted by molar-refractivity contribution is 0.184. The smallest absolute Gasteiger partial charge is 0.213 e. The van der Waals surface area contributed by atoms with E-state index in [1.54, 1.807) is 24.6 Å². The van der Waals surface area contributed by atoms with Gasteiger partial charge in [0.25, 0.3) is 0 Å². The molecule has 3 aromatic rings. The molecule has 150 valence electrons. The maximum absolute atomic E-state index is 10.5. The van der Waals surface area contributed by atoms with E-state index in [1.165, 1.54) is 4.70 Å². The Bertz CT molecular complexity index is 883. The van der Waals surface area contributed by atoms with Crippen LogP contribution in [0.5, 0.6) is 5.88 Å². The molecular weight excluding hydrogens is 487 g/mol. The number of halogens is 1. The van der Waals surface area contributed by atoms with Gasteiger partial charge in [0.05, 0.1) is 6.61 Å². The van der Waals surface area contributed by atoms with Crippen LogP contribution in [-0.4, -0.2) is 36.2 Å². The van der Waals surface area contributed by atoms with E-state index in [2.05, 4.69) is 32.7 Å². The van der Waals surface area contributed by atoms with Gasteiger partial charge in [0.1, 0.15) is 6.10 Å². The number of thiophene rings is 1. The maximum Gasteiger partial charge on any atom is 0.213 e. The number of hydrogen-bond donors (Lipinski definition) is 3. The van der Waals surface area contributed by atoms with E-state index in [1.807, 2.05) is 37.3 Å². The topological polar surface area (TPSA) is 78.8 Å². The van der Waals surface area contributed by atoms with Crippen molar-refractivity contribution < 1.29 is 9.84 Å². The molecule has 1 atom stereocenters. The Kier molecular flexibility index (Phi) is 8.94. The number of aliphatic hydroxyl groups is 1. The minimum Gasteiger partial charge on any atom is -0.478 e. The standard InChI is InChI=1S/C20H24N4O2S.HI/c1-3-26-19-10-14(8-9-22-19)12-23-20(21-2)24-13-16(25)18-11-15-6-4-5-7-17(15)27-18;/h4-11,16,25H,3,12-13H2,1-2H3,(H2,21,23,24);1H. The summed E-state index contributed by atoms with van der Waals surface area (Å²) in [5.41, 5.74) is 1.04. The van der Waals surface area contributed by atoms with Gasteiger partial charge in [0.2, 0.25) is 5.88 Å². The van der Waals surface area contributed by atoms with E-state index in [0.717, 1.165) is 15.8 Å². The Morgan fingerprint density at radius 3 is 2.82 bits per heavy atom. The first-order valence-electron chi connectivity index (χ1n) is 8.88. The van der Waals surface area contributed by atoms with E-state index in [9.17, 15) is 5.11 Å². The van der Waals surface area contributed by atoms with Gasteiger partial charge in [-0.1, -0.05) is 18.2 Å². The molecule has 8 heteroatoms. The first kappa shape index (κ1) is 22.4. The summed E-state index contributed by atoms with van der Waals surface area (Å²) in [7, 11) is 1.71. The van der Waals surface area contributed by atoms with Gasteiger partial charge in [0.15, 0.2) is 5.96 Å². The maximum atomic E-state index is 10.5. The fraction of sp³-hybridized carbons (Fsp3) is 0.300. The molecule has 2 heterocycles. The van der Waals surface area contributed by atoms with Gasteiger partial charge in [-0.2, -0.15) is 0 Å². The van der Waals surface area contributed by atoms with Crippen molar-refractivity contribution in [2.45, 2.75) is 19.6 Å². The highest BCUT2D eigenvalue weighted by Gasteiger charge is 2.12. The molecule has 0 radical (unpaired) electrons. The van der Waals surface area contributed by atoms with Crippen LogP contribution in [-0.2, 0) is 6.54 Å². The predicted molar refractivity (Wildman–Crippen MR) is 126 cm³/mol. The van der Waals surface area contributed by atoms with Crippen molar-refractivity contribution in [3.05, 3.63) is 59.1 Å². The molecule has 0 saturated heterocycles. The number of benzene rings is 1. The van der Waals surface area contributed by atoms with Gasteiger partial charge in [-0.25, -0.2) is 4.98 Å². The van der Waals surface area contributed by atoms with Crippen molar-refractivity contribution in [3.63, 3.8) is 0 Å². The van der Waals surface area contributed by atoms with Crippen LogP contribution in [0.25, 0.3) is 10.1 Å². The fourth-order valence-electron chi connectivity index (χ4n) is 2.65. The van der Waals surface area contributed by atoms with E-state index in [0.29, 0.717) is 31.5 Å². The second kappa shape index (κ2) is 11.2. The molecule has 0 bridgehead atoms. The van der Waals surface area contributed by atoms with Crippen LogP contribution in [0.4, 0.5) is 0 Å². The van der Waals surface area contributed by atoms with Gasteiger partial charge < -0.3 is 20.5 Å². The second-order valence-electron chi connectivity index (χ2n) is 5.94. The van der Waals surface area contributed by atoms with Gasteiger partial charge in [-0.05, 0) is 36.1 Å². The average Bonchev–Trinajstić information content (AvgIpc) is 3.13. The van der Waals surface area contributed by atoms with Gasteiger partial charge in [-0.3, -0.25) is 4.99 Å². The van der Waals surface area contributed by atoms with Crippen LogP contribution in [0, 0.1) is 0 Å². The monoisotopic (exact) mass is 512 g/mol. The van der Waals surface area contributed by atoms with Crippen LogP contribution in [0.2, 0.25) is 0 Å². The predicted octanol–water partition coefficient (Wildman–Crippen LogP) is 3.71. The normalized spacial score (nSPS) is 12.3. The zero-order chi connectivity index (χ0) is 19.1. The minimum atomic E-state index is -0.591. The van der Waals surface area contributed by atoms with Crippen LogP contribution in [0.1, 0.15) is 23.5 Å². The number of fused-ring (bicyclic) bond motifs is 1. The molecule has 0 spiro atoms. The molecule has 0 aliphatic carbocycles. The zero-order valence-corrected chi connectivity index (χ0v) is 19.0. The summed E-state index contributed by atoms with van der Waals surface area (Å²) in [6.07, 6.45) is 1.13. The van der Waals surface area contributed by atoms with Gasteiger partial charge in [0, 0.05) is 42.0 Å². The average molecular weight is 512 g/mol. The van der Waals surface area contributed by atoms with E-state index in [-0.39, 0.29) is 24.0 Å². The Morgan fingerprint density at radius 2 is 2.07 bits per heavy atom. The van der Waals surface area contributed by atoms with Crippen LogP contribution in [0.15, 0.2) is 53.7 Å². The lowest BCUT2D eigenvalue weighted by Crippen LogP contribution is -2.38. The third kappa shape index (κ3) is 6.05. The molecule has 3 rings (SSSR count). The number of ether oxygens (including phenoxy) is 1. The summed E-state index contributed by atoms with van der Waals surface area (Å²) in [6.45, 7) is 3.48. The Hall–Kier alpha value is -1.91. The lowest BCUT2D eigenvalue weighted by Gasteiger charge is -2.15. The van der Waals surface area contributed by atoms with Crippen molar-refractivity contribution in [2.75, 3.05) is 20.2 Å². The third-order valence-electron chi connectivity index (χ3n) is 4.01. The molecule has 0 amide bonds. The molecule has 0 fully saturated rings. The number of pyridine rings is 1. The summed E-state index contributed by atoms with van der Waals surface area (Å²) in [4.78, 5) is 9.31. The fourth-order valence-corrected chi connectivity index (χ4v) is 3.70. The van der Waals surface area contributed by atoms with Crippen LogP contribution >= 0.6 is 35.3 Å². The summed E-state index contributed by atoms with van der Waals surface area (Å²) in [5.74, 6) is 1.24. The summed E-state index contributed by atoms with van der Waals surface area (Å²) < 4.78 is 6.59. The molecule has 1 aromatic carbocycles. The Balaban J connectivity index is 0.00000280. The van der Waals surface area contributed by atoms with Gasteiger partial charge in [-0.15, -0.1) is 35.3 Å². The number of aliphatic imine (C=N–C) groups is 1. The Labute approximate surface area is 186 Å². The molecule has 1 unspecified atom stereocenters. The number of aliphatic hydroxyl groups excluding tert-OH is 1. The minimum absolute atomic E-state index is 0. The molecule has 3 N–H and O–H groups in total. The van der Waals surface area contributed by atoms with E-state index < -0.39 is 6.10 Å². The quantitative estimate of drug-likeness (QED) is 0.256. The number of hydrogen-bond acceptors (Lipinski definition) is 5. The van der Waals surface area contributed by atoms with Crippen molar-refractivity contribution >= 4 is 51.4 Å². The highest BCUT2D eigenvalue weighted by molar-refractivity contribution is 14.0. The SMILES string of the molecule is CCOc1cc(CNC(=NC)NCC(O)c2cc3ccccc3s2)ccn1.I. The first-order chi connectivity index (χ1) is 13.2. The molecule has 28 heavy (non-hydrogen) atoms. The number of aromatic nitrogens is 1. The lowest BCUT2D eigenvalue weighted by atomic mass is 10.2. The third-order valence-corrected chi connectivity index (χ3v) is 5.23. The molecule has 6 nitrogen and oxygen atoms in total. The van der Waals surface area contributed by atoms with Crippen molar-refractivity contribution in [1.29, 1.82) is 0 Å². The van der Waals surface area contributed by atoms with E-state index >= 15 is 0 Å². The highest BCUT2D eigenvalue weighted by Crippen LogP contribution is 2.29.